The molecule has 0 atom stereocenters. The first kappa shape index (κ1) is 9.47. The largest absolute Gasteiger partial charge is 0.338 e. The molecule has 0 bridgehead atoms. The van der Waals surface area contributed by atoms with Crippen LogP contribution in [0.15, 0.2) is 46.8 Å². The molecule has 0 saturated carbocycles. The van der Waals surface area contributed by atoms with Gasteiger partial charge in [0.2, 0.25) is 0 Å². The molecule has 0 radical (unpaired) electrons. The van der Waals surface area contributed by atoms with Gasteiger partial charge in [0.15, 0.2) is 0 Å². The van der Waals surface area contributed by atoms with Gasteiger partial charge in [0.1, 0.15) is 12.5 Å². The van der Waals surface area contributed by atoms with E-state index in [0.29, 0.717) is 6.67 Å². The third kappa shape index (κ3) is 1.21. The fourth-order valence-corrected chi connectivity index (χ4v) is 2.28. The van der Waals surface area contributed by atoms with Crippen LogP contribution in [0.2, 0.25) is 0 Å². The molecule has 0 saturated heterocycles. The molecule has 4 heterocycles. The second kappa shape index (κ2) is 3.46. The van der Waals surface area contributed by atoms with Gasteiger partial charge in [-0.1, -0.05) is 0 Å². The molecular formula is C13H9N5. The Balaban J connectivity index is 2.05. The third-order valence-electron chi connectivity index (χ3n) is 3.07. The van der Waals surface area contributed by atoms with E-state index in [1.165, 1.54) is 0 Å². The van der Waals surface area contributed by atoms with Gasteiger partial charge in [-0.15, -0.1) is 0 Å². The Morgan fingerprint density at radius 2 is 1.89 bits per heavy atom. The zero-order chi connectivity index (χ0) is 11.9. The van der Waals surface area contributed by atoms with Crippen LogP contribution < -0.4 is 5.32 Å². The van der Waals surface area contributed by atoms with Crippen LogP contribution in [-0.4, -0.2) is 28.1 Å². The van der Waals surface area contributed by atoms with E-state index in [2.05, 4.69) is 25.3 Å². The Hall–Kier alpha value is -2.56. The second-order valence-corrected chi connectivity index (χ2v) is 4.10. The zero-order valence-corrected chi connectivity index (χ0v) is 9.46. The molecule has 0 spiro atoms. The van der Waals surface area contributed by atoms with Crippen molar-refractivity contribution in [1.82, 2.24) is 9.97 Å². The highest BCUT2D eigenvalue weighted by Gasteiger charge is 2.26. The molecule has 2 aromatic rings. The Morgan fingerprint density at radius 1 is 1.00 bits per heavy atom. The van der Waals surface area contributed by atoms with Crippen molar-refractivity contribution in [2.45, 2.75) is 0 Å². The monoisotopic (exact) mass is 235 g/mol. The summed E-state index contributed by atoms with van der Waals surface area (Å²) in [5.74, 6) is 0.803. The van der Waals surface area contributed by atoms with E-state index in [1.54, 1.807) is 18.6 Å². The van der Waals surface area contributed by atoms with E-state index in [9.17, 15) is 0 Å². The number of nitrogens with zero attached hydrogens (tertiary/aromatic N) is 4. The first-order valence-electron chi connectivity index (χ1n) is 5.69. The highest BCUT2D eigenvalue weighted by molar-refractivity contribution is 6.56. The molecule has 5 nitrogen and oxygen atoms in total. The van der Waals surface area contributed by atoms with Crippen molar-refractivity contribution >= 4 is 22.9 Å². The summed E-state index contributed by atoms with van der Waals surface area (Å²) < 4.78 is 0. The molecule has 0 fully saturated rings. The lowest BCUT2D eigenvalue weighted by Gasteiger charge is -2.06. The van der Waals surface area contributed by atoms with Gasteiger partial charge < -0.3 is 5.32 Å². The van der Waals surface area contributed by atoms with E-state index < -0.39 is 0 Å². The molecule has 5 heteroatoms. The molecule has 18 heavy (non-hydrogen) atoms. The van der Waals surface area contributed by atoms with E-state index in [4.69, 9.17) is 0 Å². The fraction of sp³-hybridized carbons (Fsp3) is 0.0769. The van der Waals surface area contributed by atoms with E-state index >= 15 is 0 Å². The Labute approximate surface area is 103 Å². The number of hydrogen-bond acceptors (Lipinski definition) is 5. The number of aromatic nitrogens is 2. The first-order chi connectivity index (χ1) is 8.93. The summed E-state index contributed by atoms with van der Waals surface area (Å²) in [6, 6.07) is 5.87. The van der Waals surface area contributed by atoms with Crippen LogP contribution in [0, 0.1) is 0 Å². The van der Waals surface area contributed by atoms with Crippen molar-refractivity contribution in [1.29, 1.82) is 0 Å². The number of anilines is 2. The molecule has 1 N–H and O–H groups in total. The number of hydrogen-bond donors (Lipinski definition) is 1. The molecule has 2 aromatic heterocycles. The minimum Gasteiger partial charge on any atom is -0.338 e. The third-order valence-corrected chi connectivity index (χ3v) is 3.07. The summed E-state index contributed by atoms with van der Waals surface area (Å²) in [5, 5.41) is 3.30. The van der Waals surface area contributed by atoms with Crippen molar-refractivity contribution in [2.24, 2.45) is 9.98 Å². The SMILES string of the molecule is c1cnc2c(c1)C1=NCN=C1c1ccncc1N2. The number of aliphatic imine (C=N–C) groups is 2. The fourth-order valence-electron chi connectivity index (χ4n) is 2.28. The van der Waals surface area contributed by atoms with Crippen molar-refractivity contribution in [3.8, 4) is 0 Å². The zero-order valence-electron chi connectivity index (χ0n) is 9.46. The average Bonchev–Trinajstić information content (AvgIpc) is 2.84. The van der Waals surface area contributed by atoms with E-state index in [-0.39, 0.29) is 0 Å². The summed E-state index contributed by atoms with van der Waals surface area (Å²) in [4.78, 5) is 17.5. The number of nitrogens with one attached hydrogen (secondary N) is 1. The van der Waals surface area contributed by atoms with Crippen LogP contribution in [0.4, 0.5) is 11.5 Å². The van der Waals surface area contributed by atoms with Crippen LogP contribution >= 0.6 is 0 Å². The molecule has 4 rings (SSSR count). The summed E-state index contributed by atoms with van der Waals surface area (Å²) in [6.07, 6.45) is 5.32. The van der Waals surface area contributed by atoms with Gasteiger partial charge in [-0.25, -0.2) is 4.98 Å². The van der Waals surface area contributed by atoms with Crippen LogP contribution in [0.1, 0.15) is 11.1 Å². The van der Waals surface area contributed by atoms with Gasteiger partial charge in [-0.3, -0.25) is 15.0 Å². The van der Waals surface area contributed by atoms with Crippen LogP contribution in [0.3, 0.4) is 0 Å². The second-order valence-electron chi connectivity index (χ2n) is 4.10. The number of rotatable bonds is 0. The maximum Gasteiger partial charge on any atom is 0.139 e. The maximum atomic E-state index is 4.48. The normalized spacial score (nSPS) is 15.6. The van der Waals surface area contributed by atoms with Crippen LogP contribution in [0.25, 0.3) is 0 Å². The molecule has 0 aliphatic carbocycles. The van der Waals surface area contributed by atoms with Gasteiger partial charge in [0.25, 0.3) is 0 Å². The molecule has 2 aliphatic rings. The van der Waals surface area contributed by atoms with Gasteiger partial charge in [-0.2, -0.15) is 0 Å². The highest BCUT2D eigenvalue weighted by Crippen LogP contribution is 2.29. The van der Waals surface area contributed by atoms with E-state index in [0.717, 1.165) is 34.1 Å². The first-order valence-corrected chi connectivity index (χ1v) is 5.69. The molecular weight excluding hydrogens is 226 g/mol. The van der Waals surface area contributed by atoms with Crippen molar-refractivity contribution < 1.29 is 0 Å². The summed E-state index contributed by atoms with van der Waals surface area (Å²) in [7, 11) is 0. The molecule has 2 aliphatic heterocycles. The molecule has 0 aromatic carbocycles. The van der Waals surface area contributed by atoms with Crippen molar-refractivity contribution in [3.63, 3.8) is 0 Å². The lowest BCUT2D eigenvalue weighted by Crippen LogP contribution is -2.12. The Kier molecular flexibility index (Phi) is 1.82. The highest BCUT2D eigenvalue weighted by atomic mass is 15.1. The number of fused-ring (bicyclic) bond motifs is 5. The minimum absolute atomic E-state index is 0.487. The topological polar surface area (TPSA) is 62.5 Å². The summed E-state index contributed by atoms with van der Waals surface area (Å²) in [5.41, 5.74) is 4.77. The average molecular weight is 235 g/mol. The Bertz CT molecular complexity index is 643. The van der Waals surface area contributed by atoms with Crippen molar-refractivity contribution in [2.75, 3.05) is 12.0 Å². The van der Waals surface area contributed by atoms with Gasteiger partial charge in [0.05, 0.1) is 23.3 Å². The quantitative estimate of drug-likeness (QED) is 0.757. The summed E-state index contributed by atoms with van der Waals surface area (Å²) in [6.45, 7) is 0.487. The molecule has 0 unspecified atom stereocenters. The Morgan fingerprint density at radius 3 is 2.83 bits per heavy atom. The number of pyridine rings is 2. The molecule has 0 amide bonds. The predicted molar refractivity (Wildman–Crippen MR) is 69.7 cm³/mol. The smallest absolute Gasteiger partial charge is 0.139 e. The summed E-state index contributed by atoms with van der Waals surface area (Å²) >= 11 is 0. The lowest BCUT2D eigenvalue weighted by atomic mass is 10.0. The van der Waals surface area contributed by atoms with Crippen LogP contribution in [0.5, 0.6) is 0 Å². The maximum absolute atomic E-state index is 4.48. The minimum atomic E-state index is 0.487. The van der Waals surface area contributed by atoms with E-state index in [1.807, 2.05) is 18.2 Å². The predicted octanol–water partition coefficient (Wildman–Crippen LogP) is 1.78. The van der Waals surface area contributed by atoms with Gasteiger partial charge in [-0.05, 0) is 18.2 Å². The standard InChI is InChI=1S/C13H9N5/c1-2-9-12-11(16-7-17-12)8-3-5-14-6-10(8)18-13(9)15-4-1/h1-6H,7H2,(H,15,18). The lowest BCUT2D eigenvalue weighted by molar-refractivity contribution is 1.10. The van der Waals surface area contributed by atoms with Crippen molar-refractivity contribution in [3.05, 3.63) is 47.9 Å². The van der Waals surface area contributed by atoms with Gasteiger partial charge >= 0.3 is 0 Å². The van der Waals surface area contributed by atoms with Gasteiger partial charge in [0, 0.05) is 23.5 Å². The molecule has 86 valence electrons. The van der Waals surface area contributed by atoms with Crippen LogP contribution in [-0.2, 0) is 0 Å².